The Labute approximate surface area is 171 Å². The molecule has 0 spiro atoms. The van der Waals surface area contributed by atoms with Gasteiger partial charge in [-0.1, -0.05) is 30.3 Å². The number of esters is 1. The lowest BCUT2D eigenvalue weighted by Gasteiger charge is -2.08. The van der Waals surface area contributed by atoms with Gasteiger partial charge < -0.3 is 10.1 Å². The van der Waals surface area contributed by atoms with E-state index < -0.39 is 0 Å². The van der Waals surface area contributed by atoms with Gasteiger partial charge in [0.25, 0.3) is 5.91 Å². The number of hydrogen-bond donors (Lipinski definition) is 1. The molecule has 3 aromatic rings. The van der Waals surface area contributed by atoms with Gasteiger partial charge in [-0.2, -0.15) is 0 Å². The van der Waals surface area contributed by atoms with Crippen molar-refractivity contribution < 1.29 is 14.3 Å². The third kappa shape index (κ3) is 3.47. The van der Waals surface area contributed by atoms with Crippen molar-refractivity contribution >= 4 is 39.6 Å². The molecule has 1 aliphatic rings. The minimum absolute atomic E-state index is 0.298. The van der Waals surface area contributed by atoms with Crippen molar-refractivity contribution in [1.29, 1.82) is 0 Å². The maximum absolute atomic E-state index is 13.1. The van der Waals surface area contributed by atoms with Gasteiger partial charge in [0.2, 0.25) is 0 Å². The number of carbonyl (C=O) groups is 2. The molecule has 2 heterocycles. The van der Waals surface area contributed by atoms with Gasteiger partial charge >= 0.3 is 5.97 Å². The summed E-state index contributed by atoms with van der Waals surface area (Å²) in [6.07, 6.45) is 2.82. The zero-order valence-electron chi connectivity index (χ0n) is 15.7. The molecule has 0 saturated heterocycles. The number of hydrogen-bond acceptors (Lipinski definition) is 6. The van der Waals surface area contributed by atoms with E-state index in [2.05, 4.69) is 10.3 Å². The zero-order chi connectivity index (χ0) is 19.7. The number of thiophene rings is 1. The van der Waals surface area contributed by atoms with Crippen molar-refractivity contribution in [3.8, 4) is 10.4 Å². The van der Waals surface area contributed by atoms with Crippen LogP contribution in [0.4, 0.5) is 5.00 Å². The smallest absolute Gasteiger partial charge is 0.341 e. The Hall–Kier alpha value is -2.51. The van der Waals surface area contributed by atoms with Crippen LogP contribution in [0.1, 0.15) is 49.6 Å². The molecular formula is C21H20N2O3S2. The summed E-state index contributed by atoms with van der Waals surface area (Å²) >= 11 is 2.97. The van der Waals surface area contributed by atoms with E-state index in [1.807, 2.05) is 37.3 Å². The minimum Gasteiger partial charge on any atom is -0.462 e. The number of aromatic nitrogens is 1. The fourth-order valence-electron chi connectivity index (χ4n) is 3.44. The van der Waals surface area contributed by atoms with Crippen LogP contribution in [-0.4, -0.2) is 23.5 Å². The van der Waals surface area contributed by atoms with Gasteiger partial charge in [-0.15, -0.1) is 22.7 Å². The number of carbonyl (C=O) groups excluding carboxylic acids is 2. The van der Waals surface area contributed by atoms with Gasteiger partial charge in [-0.25, -0.2) is 9.78 Å². The molecule has 1 N–H and O–H groups in total. The van der Waals surface area contributed by atoms with Gasteiger partial charge in [0.1, 0.15) is 10.7 Å². The predicted molar refractivity (Wildman–Crippen MR) is 113 cm³/mol. The molecular weight excluding hydrogens is 392 g/mol. The lowest BCUT2D eigenvalue weighted by molar-refractivity contribution is 0.0527. The first-order chi connectivity index (χ1) is 13.6. The van der Waals surface area contributed by atoms with Crippen molar-refractivity contribution in [1.82, 2.24) is 4.98 Å². The molecule has 1 amide bonds. The van der Waals surface area contributed by atoms with Crippen LogP contribution in [0, 0.1) is 6.92 Å². The highest BCUT2D eigenvalue weighted by Gasteiger charge is 2.29. The van der Waals surface area contributed by atoms with Crippen LogP contribution in [0.15, 0.2) is 30.3 Å². The Morgan fingerprint density at radius 3 is 2.71 bits per heavy atom. The van der Waals surface area contributed by atoms with Gasteiger partial charge in [0.15, 0.2) is 0 Å². The summed E-state index contributed by atoms with van der Waals surface area (Å²) in [5, 5.41) is 4.33. The highest BCUT2D eigenvalue weighted by molar-refractivity contribution is 7.17. The fraction of sp³-hybridized carbons (Fsp3) is 0.286. The first-order valence-electron chi connectivity index (χ1n) is 9.24. The molecule has 1 aromatic carbocycles. The molecule has 0 aliphatic heterocycles. The third-order valence-electron chi connectivity index (χ3n) is 4.61. The molecule has 0 radical (unpaired) electrons. The van der Waals surface area contributed by atoms with Gasteiger partial charge in [-0.3, -0.25) is 4.79 Å². The molecule has 5 nitrogen and oxygen atoms in total. The number of nitrogens with one attached hydrogen (secondary N) is 1. The molecule has 144 valence electrons. The summed E-state index contributed by atoms with van der Waals surface area (Å²) in [5.74, 6) is -0.663. The molecule has 4 rings (SSSR count). The molecule has 28 heavy (non-hydrogen) atoms. The number of ether oxygens (including phenoxy) is 1. The van der Waals surface area contributed by atoms with E-state index in [0.717, 1.165) is 45.2 Å². The topological polar surface area (TPSA) is 68.3 Å². The van der Waals surface area contributed by atoms with Crippen molar-refractivity contribution in [2.75, 3.05) is 11.9 Å². The van der Waals surface area contributed by atoms with E-state index >= 15 is 0 Å². The van der Waals surface area contributed by atoms with E-state index in [-0.39, 0.29) is 11.9 Å². The lowest BCUT2D eigenvalue weighted by atomic mass is 10.1. The first-order valence-corrected chi connectivity index (χ1v) is 10.9. The molecule has 0 unspecified atom stereocenters. The van der Waals surface area contributed by atoms with E-state index in [0.29, 0.717) is 22.9 Å². The molecule has 0 saturated carbocycles. The number of nitrogens with zero attached hydrogens (tertiary/aromatic N) is 1. The number of rotatable bonds is 5. The van der Waals surface area contributed by atoms with E-state index in [9.17, 15) is 9.59 Å². The largest absolute Gasteiger partial charge is 0.462 e. The van der Waals surface area contributed by atoms with Crippen LogP contribution < -0.4 is 5.32 Å². The van der Waals surface area contributed by atoms with E-state index in [1.54, 1.807) is 6.92 Å². The second-order valence-electron chi connectivity index (χ2n) is 6.51. The number of aryl methyl sites for hydroxylation is 2. The van der Waals surface area contributed by atoms with E-state index in [1.165, 1.54) is 22.7 Å². The Balaban J connectivity index is 1.68. The van der Waals surface area contributed by atoms with Crippen LogP contribution in [0.5, 0.6) is 0 Å². The van der Waals surface area contributed by atoms with Crippen molar-refractivity contribution in [3.05, 3.63) is 57.0 Å². The molecule has 0 fully saturated rings. The second-order valence-corrected chi connectivity index (χ2v) is 8.82. The molecule has 0 atom stereocenters. The van der Waals surface area contributed by atoms with Crippen molar-refractivity contribution in [2.24, 2.45) is 0 Å². The third-order valence-corrected chi connectivity index (χ3v) is 6.84. The first kappa shape index (κ1) is 18.8. The summed E-state index contributed by atoms with van der Waals surface area (Å²) in [4.78, 5) is 32.0. The average Bonchev–Trinajstić information content (AvgIpc) is 3.36. The second kappa shape index (κ2) is 7.85. The van der Waals surface area contributed by atoms with Crippen molar-refractivity contribution in [3.63, 3.8) is 0 Å². The quantitative estimate of drug-likeness (QED) is 0.592. The van der Waals surface area contributed by atoms with Crippen LogP contribution in [0.3, 0.4) is 0 Å². The highest BCUT2D eigenvalue weighted by Crippen LogP contribution is 2.40. The van der Waals surface area contributed by atoms with Crippen LogP contribution >= 0.6 is 22.7 Å². The monoisotopic (exact) mass is 412 g/mol. The number of fused-ring (bicyclic) bond motifs is 1. The Kier molecular flexibility index (Phi) is 5.28. The normalized spacial score (nSPS) is 12.6. The Morgan fingerprint density at radius 1 is 1.18 bits per heavy atom. The lowest BCUT2D eigenvalue weighted by Crippen LogP contribution is -2.16. The summed E-state index contributed by atoms with van der Waals surface area (Å²) < 4.78 is 5.24. The molecule has 2 aromatic heterocycles. The van der Waals surface area contributed by atoms with Gasteiger partial charge in [0.05, 0.1) is 22.1 Å². The Morgan fingerprint density at radius 2 is 1.96 bits per heavy atom. The standard InChI is InChI=1S/C21H20N2O3S2/c1-3-26-21(25)16-14-10-7-11-15(14)28-20(16)23-19(24)17-18(27-12(2)22-17)13-8-5-4-6-9-13/h4-6,8-9H,3,7,10-11H2,1-2H3,(H,23,24). The maximum atomic E-state index is 13.1. The predicted octanol–water partition coefficient (Wildman–Crippen LogP) is 5.10. The number of benzene rings is 1. The van der Waals surface area contributed by atoms with Crippen LogP contribution in [-0.2, 0) is 17.6 Å². The number of anilines is 1. The van der Waals surface area contributed by atoms with E-state index in [4.69, 9.17) is 4.74 Å². The summed E-state index contributed by atoms with van der Waals surface area (Å²) in [7, 11) is 0. The van der Waals surface area contributed by atoms with Crippen LogP contribution in [0.2, 0.25) is 0 Å². The number of thiazole rings is 1. The van der Waals surface area contributed by atoms with Crippen LogP contribution in [0.25, 0.3) is 10.4 Å². The Bertz CT molecular complexity index is 1040. The molecule has 7 heteroatoms. The maximum Gasteiger partial charge on any atom is 0.341 e. The zero-order valence-corrected chi connectivity index (χ0v) is 17.3. The van der Waals surface area contributed by atoms with Crippen molar-refractivity contribution in [2.45, 2.75) is 33.1 Å². The highest BCUT2D eigenvalue weighted by atomic mass is 32.1. The average molecular weight is 413 g/mol. The fourth-order valence-corrected chi connectivity index (χ4v) is 5.63. The summed E-state index contributed by atoms with van der Waals surface area (Å²) in [6, 6.07) is 9.75. The summed E-state index contributed by atoms with van der Waals surface area (Å²) in [5.41, 5.74) is 2.88. The minimum atomic E-state index is -0.366. The van der Waals surface area contributed by atoms with Gasteiger partial charge in [-0.05, 0) is 44.2 Å². The molecule has 0 bridgehead atoms. The molecule has 1 aliphatic carbocycles. The SMILES string of the molecule is CCOC(=O)c1c(NC(=O)c2nc(C)sc2-c2ccccc2)sc2c1CCC2. The van der Waals surface area contributed by atoms with Gasteiger partial charge in [0, 0.05) is 4.88 Å². The number of amides is 1. The summed E-state index contributed by atoms with van der Waals surface area (Å²) in [6.45, 7) is 3.98.